The predicted octanol–water partition coefficient (Wildman–Crippen LogP) is 5.39. The number of carbonyl (C=O) groups excluding carboxylic acids is 1. The van der Waals surface area contributed by atoms with Gasteiger partial charge >= 0.3 is 0 Å². The topological polar surface area (TPSA) is 47.9 Å². The van der Waals surface area contributed by atoms with Crippen molar-refractivity contribution in [3.63, 3.8) is 0 Å². The van der Waals surface area contributed by atoms with Crippen molar-refractivity contribution in [2.24, 2.45) is 22.2 Å². The average molecular weight is 400 g/mol. The number of hydrogen-bond donors (Lipinski definition) is 0. The zero-order valence-electron chi connectivity index (χ0n) is 17.5. The first-order valence-corrected chi connectivity index (χ1v) is 10.7. The molecule has 0 radical (unpaired) electrons. The largest absolute Gasteiger partial charge is 0.294 e. The molecule has 2 unspecified atom stereocenters. The molecule has 0 saturated heterocycles. The van der Waals surface area contributed by atoms with E-state index in [2.05, 4.69) is 13.8 Å². The van der Waals surface area contributed by atoms with Gasteiger partial charge in [0.05, 0.1) is 13.7 Å². The van der Waals surface area contributed by atoms with Crippen LogP contribution in [0.3, 0.4) is 0 Å². The molecule has 1 saturated carbocycles. The number of ketones is 1. The Morgan fingerprint density at radius 3 is 2.48 bits per heavy atom. The minimum Gasteiger partial charge on any atom is -0.294 e. The first kappa shape index (κ1) is 20.4. The molecular weight excluding hydrogens is 369 g/mol. The van der Waals surface area contributed by atoms with Crippen molar-refractivity contribution in [2.45, 2.75) is 58.3 Å². The predicted molar refractivity (Wildman–Crippen MR) is 110 cm³/mol. The molecule has 1 aromatic carbocycles. The summed E-state index contributed by atoms with van der Waals surface area (Å²) in [5, 5.41) is 0. The van der Waals surface area contributed by atoms with Crippen LogP contribution in [0.2, 0.25) is 0 Å². The van der Waals surface area contributed by atoms with Crippen LogP contribution in [0.25, 0.3) is 0 Å². The third kappa shape index (κ3) is 4.08. The molecular formula is C24H30FNO3. The third-order valence-corrected chi connectivity index (χ3v) is 6.62. The highest BCUT2D eigenvalue weighted by molar-refractivity contribution is 6.03. The molecule has 2 atom stereocenters. The van der Waals surface area contributed by atoms with E-state index in [4.69, 9.17) is 14.8 Å². The van der Waals surface area contributed by atoms with Gasteiger partial charge in [0.15, 0.2) is 5.78 Å². The summed E-state index contributed by atoms with van der Waals surface area (Å²) < 4.78 is 13.6. The van der Waals surface area contributed by atoms with Crippen molar-refractivity contribution < 1.29 is 19.0 Å². The van der Waals surface area contributed by atoms with Gasteiger partial charge in [-0.1, -0.05) is 38.8 Å². The van der Waals surface area contributed by atoms with Gasteiger partial charge in [-0.3, -0.25) is 9.79 Å². The van der Waals surface area contributed by atoms with Crippen LogP contribution in [0.5, 0.6) is 0 Å². The van der Waals surface area contributed by atoms with Crippen molar-refractivity contribution in [1.29, 1.82) is 0 Å². The van der Waals surface area contributed by atoms with E-state index in [9.17, 15) is 9.18 Å². The summed E-state index contributed by atoms with van der Waals surface area (Å²) in [4.78, 5) is 28.7. The molecule has 0 aromatic heterocycles. The van der Waals surface area contributed by atoms with Gasteiger partial charge in [0.2, 0.25) is 0 Å². The fraction of sp³-hybridized carbons (Fsp3) is 0.583. The summed E-state index contributed by atoms with van der Waals surface area (Å²) in [7, 11) is 1.50. The molecule has 1 heterocycles. The van der Waals surface area contributed by atoms with Crippen molar-refractivity contribution in [1.82, 2.24) is 0 Å². The van der Waals surface area contributed by atoms with Gasteiger partial charge in [-0.15, -0.1) is 0 Å². The maximum Gasteiger partial charge on any atom is 0.161 e. The van der Waals surface area contributed by atoms with E-state index in [1.54, 1.807) is 12.1 Å². The van der Waals surface area contributed by atoms with Crippen LogP contribution in [-0.4, -0.2) is 25.2 Å². The summed E-state index contributed by atoms with van der Waals surface area (Å²) in [6, 6.07) is 6.55. The van der Waals surface area contributed by atoms with Crippen LogP contribution in [0.4, 0.5) is 4.39 Å². The van der Waals surface area contributed by atoms with Crippen molar-refractivity contribution in [2.75, 3.05) is 13.7 Å². The van der Waals surface area contributed by atoms with E-state index in [0.717, 1.165) is 41.8 Å². The standard InChI is InChI=1S/C24H30FNO3/c1-24(2)12-19-22(20(27)13-24)21(15-8-10-17(25)11-9-15)18(14-29-28-3)23(26-19)16-6-4-5-7-16/h8-11,16,18,21H,4-7,12-14H2,1-3H3. The zero-order valence-corrected chi connectivity index (χ0v) is 17.5. The second-order valence-corrected chi connectivity index (χ2v) is 9.41. The highest BCUT2D eigenvalue weighted by Gasteiger charge is 2.45. The molecule has 0 bridgehead atoms. The van der Waals surface area contributed by atoms with E-state index in [-0.39, 0.29) is 28.9 Å². The first-order valence-electron chi connectivity index (χ1n) is 10.7. The lowest BCUT2D eigenvalue weighted by atomic mass is 9.65. The van der Waals surface area contributed by atoms with Crippen LogP contribution < -0.4 is 0 Å². The Hall–Kier alpha value is -1.85. The number of hydrogen-bond acceptors (Lipinski definition) is 4. The van der Waals surface area contributed by atoms with Crippen molar-refractivity contribution in [3.8, 4) is 0 Å². The Kier molecular flexibility index (Phi) is 5.71. The van der Waals surface area contributed by atoms with Crippen LogP contribution in [0.1, 0.15) is 63.9 Å². The van der Waals surface area contributed by atoms with E-state index in [1.165, 1.54) is 32.1 Å². The number of benzene rings is 1. The second kappa shape index (κ2) is 8.11. The van der Waals surface area contributed by atoms with Crippen LogP contribution in [0, 0.1) is 23.1 Å². The quantitative estimate of drug-likeness (QED) is 0.493. The highest BCUT2D eigenvalue weighted by Crippen LogP contribution is 2.49. The summed E-state index contributed by atoms with van der Waals surface area (Å²) >= 11 is 0. The number of halogens is 1. The van der Waals surface area contributed by atoms with Gasteiger partial charge in [0.25, 0.3) is 0 Å². The monoisotopic (exact) mass is 399 g/mol. The molecule has 1 aliphatic heterocycles. The van der Waals surface area contributed by atoms with E-state index in [1.807, 2.05) is 0 Å². The molecule has 4 nitrogen and oxygen atoms in total. The smallest absolute Gasteiger partial charge is 0.161 e. The molecule has 1 aromatic rings. The van der Waals surface area contributed by atoms with Gasteiger partial charge in [0, 0.05) is 35.2 Å². The lowest BCUT2D eigenvalue weighted by Gasteiger charge is -2.41. The maximum atomic E-state index is 13.6. The molecule has 29 heavy (non-hydrogen) atoms. The molecule has 4 rings (SSSR count). The number of carbonyl (C=O) groups is 1. The molecule has 0 N–H and O–H groups in total. The Morgan fingerprint density at radius 1 is 1.14 bits per heavy atom. The van der Waals surface area contributed by atoms with Gasteiger partial charge in [-0.25, -0.2) is 14.2 Å². The highest BCUT2D eigenvalue weighted by atomic mass is 19.1. The molecule has 1 fully saturated rings. The minimum absolute atomic E-state index is 0.0765. The molecule has 0 amide bonds. The second-order valence-electron chi connectivity index (χ2n) is 9.41. The first-order chi connectivity index (χ1) is 13.9. The Balaban J connectivity index is 1.85. The Bertz CT molecular complexity index is 834. The van der Waals surface area contributed by atoms with E-state index in [0.29, 0.717) is 18.9 Å². The molecule has 5 heteroatoms. The minimum atomic E-state index is -0.274. The van der Waals surface area contributed by atoms with Gasteiger partial charge in [-0.2, -0.15) is 0 Å². The summed E-state index contributed by atoms with van der Waals surface area (Å²) in [5.41, 5.74) is 3.71. The number of allylic oxidation sites excluding steroid dienone is 2. The number of aliphatic imine (C=N–C) groups is 1. The maximum absolute atomic E-state index is 13.6. The van der Waals surface area contributed by atoms with E-state index < -0.39 is 0 Å². The summed E-state index contributed by atoms with van der Waals surface area (Å²) in [5.74, 6) is 0.0499. The lowest BCUT2D eigenvalue weighted by molar-refractivity contribution is -0.277. The van der Waals surface area contributed by atoms with Crippen LogP contribution in [-0.2, 0) is 14.6 Å². The normalized spacial score (nSPS) is 27.2. The number of nitrogens with zero attached hydrogens (tertiary/aromatic N) is 1. The van der Waals surface area contributed by atoms with Gasteiger partial charge in [0.1, 0.15) is 5.82 Å². The van der Waals surface area contributed by atoms with Crippen molar-refractivity contribution in [3.05, 3.63) is 46.9 Å². The number of Topliss-reactive ketones (excluding diaryl/α,β-unsaturated/α-hetero) is 1. The molecule has 156 valence electrons. The summed E-state index contributed by atoms with van der Waals surface area (Å²) in [6.45, 7) is 4.60. The van der Waals surface area contributed by atoms with Crippen LogP contribution in [0.15, 0.2) is 40.5 Å². The molecule has 3 aliphatic rings. The lowest BCUT2D eigenvalue weighted by Crippen LogP contribution is -2.40. The third-order valence-electron chi connectivity index (χ3n) is 6.62. The molecule has 2 aliphatic carbocycles. The number of rotatable bonds is 5. The van der Waals surface area contributed by atoms with Crippen molar-refractivity contribution >= 4 is 11.5 Å². The van der Waals surface area contributed by atoms with Crippen LogP contribution >= 0.6 is 0 Å². The van der Waals surface area contributed by atoms with Gasteiger partial charge < -0.3 is 0 Å². The zero-order chi connectivity index (χ0) is 20.6. The molecule has 0 spiro atoms. The Labute approximate surface area is 172 Å². The average Bonchev–Trinajstić information content (AvgIpc) is 3.20. The summed E-state index contributed by atoms with van der Waals surface area (Å²) in [6.07, 6.45) is 5.96. The SMILES string of the molecule is COOCC1C(C2CCCC2)=NC2=C(C(=O)CC(C)(C)C2)C1c1ccc(F)cc1. The fourth-order valence-corrected chi connectivity index (χ4v) is 5.37. The fourth-order valence-electron chi connectivity index (χ4n) is 5.37. The Morgan fingerprint density at radius 2 is 1.83 bits per heavy atom. The van der Waals surface area contributed by atoms with Gasteiger partial charge in [-0.05, 0) is 48.3 Å². The van der Waals surface area contributed by atoms with E-state index >= 15 is 0 Å².